The Morgan fingerprint density at radius 2 is 1.74 bits per heavy atom. The normalized spacial score (nSPS) is 15.4. The van der Waals surface area contributed by atoms with Gasteiger partial charge in [-0.25, -0.2) is 4.39 Å². The SMILES string of the molecule is O=C(CC(C(=O)O)c1ccc(C(F)(F)F)cc1)Nc1ccc(N2CCOCC2)c(F)c1. The van der Waals surface area contributed by atoms with Gasteiger partial charge < -0.3 is 20.1 Å². The molecule has 1 unspecified atom stereocenters. The number of nitrogens with one attached hydrogen (secondary N) is 1. The molecule has 1 heterocycles. The molecule has 0 aromatic heterocycles. The lowest BCUT2D eigenvalue weighted by Gasteiger charge is -2.29. The highest BCUT2D eigenvalue weighted by atomic mass is 19.4. The number of nitrogens with zero attached hydrogens (tertiary/aromatic N) is 1. The van der Waals surface area contributed by atoms with Crippen LogP contribution in [-0.2, 0) is 20.5 Å². The van der Waals surface area contributed by atoms with Crippen molar-refractivity contribution in [3.63, 3.8) is 0 Å². The molecule has 1 aliphatic rings. The quantitative estimate of drug-likeness (QED) is 0.667. The number of hydrogen-bond donors (Lipinski definition) is 2. The summed E-state index contributed by atoms with van der Waals surface area (Å²) < 4.78 is 57.8. The van der Waals surface area contributed by atoms with E-state index in [1.54, 1.807) is 0 Å². The molecule has 31 heavy (non-hydrogen) atoms. The van der Waals surface area contributed by atoms with Crippen LogP contribution in [0.4, 0.5) is 28.9 Å². The van der Waals surface area contributed by atoms with Crippen LogP contribution < -0.4 is 10.2 Å². The summed E-state index contributed by atoms with van der Waals surface area (Å²) in [4.78, 5) is 25.7. The fraction of sp³-hybridized carbons (Fsp3) is 0.333. The molecule has 1 fully saturated rings. The largest absolute Gasteiger partial charge is 0.481 e. The average molecular weight is 440 g/mol. The van der Waals surface area contributed by atoms with E-state index in [1.807, 2.05) is 4.90 Å². The van der Waals surface area contributed by atoms with Gasteiger partial charge in [-0.2, -0.15) is 13.2 Å². The Bertz CT molecular complexity index is 941. The van der Waals surface area contributed by atoms with Crippen molar-refractivity contribution in [2.45, 2.75) is 18.5 Å². The minimum atomic E-state index is -4.55. The zero-order valence-corrected chi connectivity index (χ0v) is 16.3. The first-order valence-electron chi connectivity index (χ1n) is 9.47. The minimum Gasteiger partial charge on any atom is -0.481 e. The second-order valence-electron chi connectivity index (χ2n) is 7.03. The molecule has 2 aromatic rings. The molecular formula is C21H20F4N2O4. The molecular weight excluding hydrogens is 420 g/mol. The van der Waals surface area contributed by atoms with Gasteiger partial charge in [-0.3, -0.25) is 9.59 Å². The Kier molecular flexibility index (Phi) is 6.79. The molecule has 3 rings (SSSR count). The second-order valence-corrected chi connectivity index (χ2v) is 7.03. The lowest BCUT2D eigenvalue weighted by Crippen LogP contribution is -2.36. The minimum absolute atomic E-state index is 0.0597. The van der Waals surface area contributed by atoms with Crippen LogP contribution >= 0.6 is 0 Å². The van der Waals surface area contributed by atoms with Crippen molar-refractivity contribution in [1.82, 2.24) is 0 Å². The summed E-state index contributed by atoms with van der Waals surface area (Å²) in [6, 6.07) is 7.75. The number of anilines is 2. The van der Waals surface area contributed by atoms with Gasteiger partial charge in [0.15, 0.2) is 0 Å². The van der Waals surface area contributed by atoms with Gasteiger partial charge in [-0.15, -0.1) is 0 Å². The molecule has 1 saturated heterocycles. The Hall–Kier alpha value is -3.14. The van der Waals surface area contributed by atoms with Crippen molar-refractivity contribution >= 4 is 23.3 Å². The summed E-state index contributed by atoms with van der Waals surface area (Å²) in [6.45, 7) is 2.04. The predicted octanol–water partition coefficient (Wildman–Crippen LogP) is 3.88. The van der Waals surface area contributed by atoms with Crippen LogP contribution in [0.3, 0.4) is 0 Å². The van der Waals surface area contributed by atoms with Crippen LogP contribution in [0.25, 0.3) is 0 Å². The topological polar surface area (TPSA) is 78.9 Å². The summed E-state index contributed by atoms with van der Waals surface area (Å²) in [7, 11) is 0. The van der Waals surface area contributed by atoms with E-state index in [2.05, 4.69) is 5.32 Å². The third kappa shape index (κ3) is 5.72. The van der Waals surface area contributed by atoms with Gasteiger partial charge in [-0.05, 0) is 35.9 Å². The zero-order chi connectivity index (χ0) is 22.6. The molecule has 0 spiro atoms. The third-order valence-corrected chi connectivity index (χ3v) is 4.91. The molecule has 0 aliphatic carbocycles. The molecule has 10 heteroatoms. The van der Waals surface area contributed by atoms with Crippen LogP contribution in [0.1, 0.15) is 23.5 Å². The Labute approximate surface area is 175 Å². The monoisotopic (exact) mass is 440 g/mol. The molecule has 1 aliphatic heterocycles. The van der Waals surface area contributed by atoms with E-state index in [0.29, 0.717) is 32.0 Å². The molecule has 0 bridgehead atoms. The van der Waals surface area contributed by atoms with Crippen molar-refractivity contribution in [3.8, 4) is 0 Å². The highest BCUT2D eigenvalue weighted by Gasteiger charge is 2.31. The maximum Gasteiger partial charge on any atom is 0.416 e. The Balaban J connectivity index is 1.67. The molecule has 6 nitrogen and oxygen atoms in total. The van der Waals surface area contributed by atoms with Crippen LogP contribution in [0.15, 0.2) is 42.5 Å². The summed E-state index contributed by atoms with van der Waals surface area (Å²) in [5.41, 5.74) is -0.337. The predicted molar refractivity (Wildman–Crippen MR) is 104 cm³/mol. The van der Waals surface area contributed by atoms with E-state index in [-0.39, 0.29) is 11.3 Å². The second kappa shape index (κ2) is 9.34. The molecule has 0 saturated carbocycles. The first-order chi connectivity index (χ1) is 14.6. The number of morpholine rings is 1. The number of carboxylic acid groups (broad SMARTS) is 1. The van der Waals surface area contributed by atoms with Crippen LogP contribution in [0.2, 0.25) is 0 Å². The number of amides is 1. The lowest BCUT2D eigenvalue weighted by atomic mass is 9.94. The van der Waals surface area contributed by atoms with Crippen molar-refractivity contribution in [2.75, 3.05) is 36.5 Å². The number of carboxylic acids is 1. The van der Waals surface area contributed by atoms with Gasteiger partial charge in [0.05, 0.1) is 30.4 Å². The molecule has 1 atom stereocenters. The van der Waals surface area contributed by atoms with Crippen LogP contribution in [0.5, 0.6) is 0 Å². The fourth-order valence-corrected chi connectivity index (χ4v) is 3.29. The molecule has 0 radical (unpaired) electrons. The number of ether oxygens (including phenoxy) is 1. The smallest absolute Gasteiger partial charge is 0.416 e. The van der Waals surface area contributed by atoms with E-state index in [0.717, 1.165) is 30.3 Å². The first-order valence-corrected chi connectivity index (χ1v) is 9.47. The van der Waals surface area contributed by atoms with Gasteiger partial charge in [0.2, 0.25) is 5.91 Å². The molecule has 166 valence electrons. The number of aliphatic carboxylic acids is 1. The fourth-order valence-electron chi connectivity index (χ4n) is 3.29. The van der Waals surface area contributed by atoms with E-state index in [1.165, 1.54) is 12.1 Å². The highest BCUT2D eigenvalue weighted by molar-refractivity contribution is 5.94. The van der Waals surface area contributed by atoms with Gasteiger partial charge in [0.25, 0.3) is 0 Å². The summed E-state index contributed by atoms with van der Waals surface area (Å²) >= 11 is 0. The summed E-state index contributed by atoms with van der Waals surface area (Å²) in [5.74, 6) is -3.95. The third-order valence-electron chi connectivity index (χ3n) is 4.91. The van der Waals surface area contributed by atoms with Gasteiger partial charge in [0, 0.05) is 25.2 Å². The highest BCUT2D eigenvalue weighted by Crippen LogP contribution is 2.31. The average Bonchev–Trinajstić information content (AvgIpc) is 2.72. The number of carbonyl (C=O) groups is 2. The Morgan fingerprint density at radius 3 is 2.29 bits per heavy atom. The number of carbonyl (C=O) groups excluding carboxylic acids is 1. The first kappa shape index (κ1) is 22.5. The molecule has 2 N–H and O–H groups in total. The van der Waals surface area contributed by atoms with Gasteiger partial charge >= 0.3 is 12.1 Å². The number of halogens is 4. The van der Waals surface area contributed by atoms with Crippen molar-refractivity contribution in [3.05, 3.63) is 59.4 Å². The number of rotatable bonds is 6. The van der Waals surface area contributed by atoms with E-state index < -0.39 is 41.8 Å². The molecule has 2 aromatic carbocycles. The zero-order valence-electron chi connectivity index (χ0n) is 16.3. The van der Waals surface area contributed by atoms with Crippen molar-refractivity contribution < 1.29 is 37.0 Å². The van der Waals surface area contributed by atoms with Crippen molar-refractivity contribution in [2.24, 2.45) is 0 Å². The Morgan fingerprint density at radius 1 is 1.10 bits per heavy atom. The summed E-state index contributed by atoms with van der Waals surface area (Å²) in [6.07, 6.45) is -5.07. The number of alkyl halides is 3. The van der Waals surface area contributed by atoms with Crippen LogP contribution in [0, 0.1) is 5.82 Å². The number of hydrogen-bond acceptors (Lipinski definition) is 4. The van der Waals surface area contributed by atoms with E-state index in [4.69, 9.17) is 4.74 Å². The van der Waals surface area contributed by atoms with Crippen LogP contribution in [-0.4, -0.2) is 43.3 Å². The van der Waals surface area contributed by atoms with E-state index >= 15 is 0 Å². The van der Waals surface area contributed by atoms with E-state index in [9.17, 15) is 32.3 Å². The summed E-state index contributed by atoms with van der Waals surface area (Å²) in [5, 5.41) is 11.9. The van der Waals surface area contributed by atoms with Gasteiger partial charge in [0.1, 0.15) is 5.82 Å². The standard InChI is InChI=1S/C21H20F4N2O4/c22-17-11-15(5-6-18(17)27-7-9-31-10-8-27)26-19(28)12-16(20(29)30)13-1-3-14(4-2-13)21(23,24)25/h1-6,11,16H,7-10,12H2,(H,26,28)(H,29,30). The molecule has 1 amide bonds. The maximum atomic E-state index is 14.5. The lowest BCUT2D eigenvalue weighted by molar-refractivity contribution is -0.140. The maximum absolute atomic E-state index is 14.5. The van der Waals surface area contributed by atoms with Crippen molar-refractivity contribution in [1.29, 1.82) is 0 Å². The van der Waals surface area contributed by atoms with Gasteiger partial charge in [-0.1, -0.05) is 12.1 Å². The number of benzene rings is 2.